The molecule has 0 bridgehead atoms. The van der Waals surface area contributed by atoms with Gasteiger partial charge < -0.3 is 21.0 Å². The van der Waals surface area contributed by atoms with Crippen LogP contribution in [0, 0.1) is 0 Å². The van der Waals surface area contributed by atoms with Crippen LogP contribution in [-0.4, -0.2) is 39.4 Å². The zero-order valence-electron chi connectivity index (χ0n) is 9.85. The lowest BCUT2D eigenvalue weighted by Crippen LogP contribution is -2.23. The van der Waals surface area contributed by atoms with Crippen molar-refractivity contribution in [2.24, 2.45) is 5.84 Å². The number of nitrogen functional groups attached to an aromatic ring is 1. The summed E-state index contributed by atoms with van der Waals surface area (Å²) < 4.78 is 0. The van der Waals surface area contributed by atoms with Crippen molar-refractivity contribution in [3.8, 4) is 0 Å². The Labute approximate surface area is 100 Å². The third kappa shape index (κ3) is 4.51. The number of hydrogen-bond donors (Lipinski definition) is 5. The predicted molar refractivity (Wildman–Crippen MR) is 65.4 cm³/mol. The van der Waals surface area contributed by atoms with Crippen molar-refractivity contribution in [3.63, 3.8) is 0 Å². The summed E-state index contributed by atoms with van der Waals surface area (Å²) in [5.74, 6) is 7.08. The summed E-state index contributed by atoms with van der Waals surface area (Å²) in [5, 5.41) is 20.8. The number of nitrogens with one attached hydrogen (secondary N) is 2. The van der Waals surface area contributed by atoms with E-state index in [4.69, 9.17) is 10.9 Å². The van der Waals surface area contributed by atoms with E-state index in [0.717, 1.165) is 12.8 Å². The molecule has 0 amide bonds. The summed E-state index contributed by atoms with van der Waals surface area (Å²) in [4.78, 5) is 8.46. The van der Waals surface area contributed by atoms with E-state index in [1.54, 1.807) is 6.07 Å². The summed E-state index contributed by atoms with van der Waals surface area (Å²) in [6.07, 6.45) is 0.883. The third-order valence-electron chi connectivity index (χ3n) is 2.12. The predicted octanol–water partition coefficient (Wildman–Crippen LogP) is -0.520. The number of anilines is 2. The number of aromatic nitrogens is 2. The fourth-order valence-electron chi connectivity index (χ4n) is 1.28. The molecule has 0 saturated carbocycles. The highest BCUT2D eigenvalue weighted by Gasteiger charge is 2.05. The zero-order chi connectivity index (χ0) is 12.7. The first-order valence-electron chi connectivity index (χ1n) is 5.57. The molecule has 17 heavy (non-hydrogen) atoms. The molecular formula is C10H19N5O2. The Kier molecular flexibility index (Phi) is 5.61. The molecule has 1 aromatic heterocycles. The van der Waals surface area contributed by atoms with Crippen molar-refractivity contribution in [2.75, 3.05) is 23.9 Å². The lowest BCUT2D eigenvalue weighted by molar-refractivity contribution is 0.105. The Balaban J connectivity index is 2.72. The number of rotatable bonds is 7. The molecule has 1 atom stereocenters. The number of aryl methyl sites for hydroxylation is 1. The third-order valence-corrected chi connectivity index (χ3v) is 2.12. The van der Waals surface area contributed by atoms with E-state index in [-0.39, 0.29) is 13.2 Å². The Morgan fingerprint density at radius 1 is 1.41 bits per heavy atom. The molecule has 7 nitrogen and oxygen atoms in total. The van der Waals surface area contributed by atoms with Crippen LogP contribution in [0.3, 0.4) is 0 Å². The van der Waals surface area contributed by atoms with Gasteiger partial charge in [-0.25, -0.2) is 15.8 Å². The van der Waals surface area contributed by atoms with Crippen molar-refractivity contribution in [1.29, 1.82) is 0 Å². The standard InChI is InChI=1S/C10H19N5O2/c1-2-3-8-13-9(4-10(14-8)15-11)12-5-7(17)6-16/h4,7,16-17H,2-3,5-6,11H2,1H3,(H2,12,13,14,15). The SMILES string of the molecule is CCCc1nc(NN)cc(NCC(O)CO)n1. The molecule has 0 fully saturated rings. The van der Waals surface area contributed by atoms with Gasteiger partial charge in [-0.1, -0.05) is 6.92 Å². The number of aliphatic hydroxyl groups excluding tert-OH is 2. The molecular weight excluding hydrogens is 222 g/mol. The Hall–Kier alpha value is -1.44. The van der Waals surface area contributed by atoms with Gasteiger partial charge in [0.1, 0.15) is 17.5 Å². The molecule has 0 aliphatic carbocycles. The molecule has 7 heteroatoms. The van der Waals surface area contributed by atoms with E-state index in [2.05, 4.69) is 20.7 Å². The van der Waals surface area contributed by atoms with Gasteiger partial charge in [-0.2, -0.15) is 0 Å². The molecule has 0 aliphatic rings. The smallest absolute Gasteiger partial charge is 0.145 e. The first kappa shape index (κ1) is 13.6. The van der Waals surface area contributed by atoms with Gasteiger partial charge in [0.2, 0.25) is 0 Å². The van der Waals surface area contributed by atoms with Crippen molar-refractivity contribution in [3.05, 3.63) is 11.9 Å². The topological polar surface area (TPSA) is 116 Å². The number of nitrogens with zero attached hydrogens (tertiary/aromatic N) is 2. The maximum atomic E-state index is 9.22. The quantitative estimate of drug-likeness (QED) is 0.322. The van der Waals surface area contributed by atoms with Crippen LogP contribution in [0.1, 0.15) is 19.2 Å². The van der Waals surface area contributed by atoms with Crippen LogP contribution in [0.4, 0.5) is 11.6 Å². The summed E-state index contributed by atoms with van der Waals surface area (Å²) in [6.45, 7) is 1.97. The van der Waals surface area contributed by atoms with Crippen molar-refractivity contribution < 1.29 is 10.2 Å². The van der Waals surface area contributed by atoms with Gasteiger partial charge in [-0.05, 0) is 6.42 Å². The highest BCUT2D eigenvalue weighted by Crippen LogP contribution is 2.11. The molecule has 0 aliphatic heterocycles. The average molecular weight is 241 g/mol. The second kappa shape index (κ2) is 7.00. The van der Waals surface area contributed by atoms with E-state index in [1.807, 2.05) is 6.92 Å². The Morgan fingerprint density at radius 3 is 2.71 bits per heavy atom. The summed E-state index contributed by atoms with van der Waals surface area (Å²) >= 11 is 0. The molecule has 6 N–H and O–H groups in total. The highest BCUT2D eigenvalue weighted by molar-refractivity contribution is 5.46. The van der Waals surface area contributed by atoms with Gasteiger partial charge in [0.25, 0.3) is 0 Å². The van der Waals surface area contributed by atoms with Crippen LogP contribution < -0.4 is 16.6 Å². The minimum absolute atomic E-state index is 0.225. The Morgan fingerprint density at radius 2 is 2.12 bits per heavy atom. The van der Waals surface area contributed by atoms with Crippen molar-refractivity contribution >= 4 is 11.6 Å². The maximum Gasteiger partial charge on any atom is 0.145 e. The fourth-order valence-corrected chi connectivity index (χ4v) is 1.28. The second-order valence-electron chi connectivity index (χ2n) is 3.67. The van der Waals surface area contributed by atoms with Crippen LogP contribution in [-0.2, 0) is 6.42 Å². The zero-order valence-corrected chi connectivity index (χ0v) is 9.85. The van der Waals surface area contributed by atoms with Crippen LogP contribution in [0.2, 0.25) is 0 Å². The van der Waals surface area contributed by atoms with Crippen LogP contribution in [0.15, 0.2) is 6.07 Å². The molecule has 1 unspecified atom stereocenters. The van der Waals surface area contributed by atoms with Crippen molar-refractivity contribution in [1.82, 2.24) is 9.97 Å². The summed E-state index contributed by atoms with van der Waals surface area (Å²) in [6, 6.07) is 1.64. The van der Waals surface area contributed by atoms with E-state index >= 15 is 0 Å². The van der Waals surface area contributed by atoms with Crippen LogP contribution in [0.25, 0.3) is 0 Å². The monoisotopic (exact) mass is 241 g/mol. The largest absolute Gasteiger partial charge is 0.394 e. The molecule has 1 rings (SSSR count). The van der Waals surface area contributed by atoms with E-state index in [0.29, 0.717) is 17.5 Å². The van der Waals surface area contributed by atoms with E-state index < -0.39 is 6.10 Å². The summed E-state index contributed by atoms with van der Waals surface area (Å²) in [7, 11) is 0. The summed E-state index contributed by atoms with van der Waals surface area (Å²) in [5.41, 5.74) is 2.46. The lowest BCUT2D eigenvalue weighted by atomic mass is 10.3. The first-order chi connectivity index (χ1) is 8.19. The number of hydrogen-bond acceptors (Lipinski definition) is 7. The van der Waals surface area contributed by atoms with Crippen LogP contribution in [0.5, 0.6) is 0 Å². The van der Waals surface area contributed by atoms with Gasteiger partial charge in [0.15, 0.2) is 0 Å². The average Bonchev–Trinajstić information content (AvgIpc) is 2.36. The maximum absolute atomic E-state index is 9.22. The second-order valence-corrected chi connectivity index (χ2v) is 3.67. The minimum Gasteiger partial charge on any atom is -0.394 e. The van der Waals surface area contributed by atoms with E-state index in [1.165, 1.54) is 0 Å². The molecule has 0 aromatic carbocycles. The van der Waals surface area contributed by atoms with Gasteiger partial charge in [0, 0.05) is 19.0 Å². The number of nitrogens with two attached hydrogens (primary N) is 1. The normalized spacial score (nSPS) is 12.2. The molecule has 0 saturated heterocycles. The van der Waals surface area contributed by atoms with Crippen molar-refractivity contribution in [2.45, 2.75) is 25.9 Å². The van der Waals surface area contributed by atoms with Gasteiger partial charge in [-0.15, -0.1) is 0 Å². The van der Waals surface area contributed by atoms with Gasteiger partial charge in [-0.3, -0.25) is 0 Å². The highest BCUT2D eigenvalue weighted by atomic mass is 16.3. The number of aliphatic hydroxyl groups is 2. The molecule has 0 spiro atoms. The molecule has 96 valence electrons. The fraction of sp³-hybridized carbons (Fsp3) is 0.600. The molecule has 1 heterocycles. The lowest BCUT2D eigenvalue weighted by Gasteiger charge is -2.11. The first-order valence-corrected chi connectivity index (χ1v) is 5.57. The minimum atomic E-state index is -0.811. The van der Waals surface area contributed by atoms with Gasteiger partial charge in [0.05, 0.1) is 12.7 Å². The molecule has 0 radical (unpaired) electrons. The van der Waals surface area contributed by atoms with E-state index in [9.17, 15) is 5.11 Å². The molecule has 1 aromatic rings. The number of hydrazine groups is 1. The van der Waals surface area contributed by atoms with Crippen LogP contribution >= 0.6 is 0 Å². The Bertz CT molecular complexity index is 347. The van der Waals surface area contributed by atoms with Gasteiger partial charge >= 0.3 is 0 Å².